The Morgan fingerprint density at radius 1 is 1.12 bits per heavy atom. The lowest BCUT2D eigenvalue weighted by Gasteiger charge is -2.18. The zero-order valence-corrected chi connectivity index (χ0v) is 15.7. The Balaban J connectivity index is 1.52. The normalized spacial score (nSPS) is 22.3. The van der Waals surface area contributed by atoms with E-state index in [-0.39, 0.29) is 5.92 Å². The first-order valence-electron chi connectivity index (χ1n) is 9.37. The quantitative estimate of drug-likeness (QED) is 0.875. The summed E-state index contributed by atoms with van der Waals surface area (Å²) in [5.74, 6) is 1.77. The van der Waals surface area contributed by atoms with Crippen LogP contribution in [0.2, 0.25) is 0 Å². The highest BCUT2D eigenvalue weighted by Gasteiger charge is 2.27. The minimum atomic E-state index is -2.81. The van der Waals surface area contributed by atoms with Gasteiger partial charge in [-0.05, 0) is 54.3 Å². The molecule has 138 valence electrons. The Bertz CT molecular complexity index is 933. The first kappa shape index (κ1) is 17.6. The van der Waals surface area contributed by atoms with E-state index in [9.17, 15) is 8.42 Å². The summed E-state index contributed by atoms with van der Waals surface area (Å²) in [4.78, 5) is 0. The van der Waals surface area contributed by atoms with Crippen molar-refractivity contribution < 1.29 is 13.2 Å². The summed E-state index contributed by atoms with van der Waals surface area (Å²) in [6.45, 7) is 2.51. The maximum Gasteiger partial charge on any atom is 0.150 e. The molecule has 1 N–H and O–H groups in total. The molecule has 4 nitrogen and oxygen atoms in total. The average Bonchev–Trinajstić information content (AvgIpc) is 3.01. The van der Waals surface area contributed by atoms with Gasteiger partial charge < -0.3 is 10.1 Å². The molecule has 1 unspecified atom stereocenters. The van der Waals surface area contributed by atoms with Crippen LogP contribution in [0.3, 0.4) is 0 Å². The number of hydrogen-bond donors (Lipinski definition) is 1. The van der Waals surface area contributed by atoms with Gasteiger partial charge in [-0.25, -0.2) is 8.42 Å². The molecule has 4 rings (SSSR count). The fraction of sp³-hybridized carbons (Fsp3) is 0.429. The van der Waals surface area contributed by atoms with Crippen LogP contribution in [0.25, 0.3) is 16.3 Å². The van der Waals surface area contributed by atoms with E-state index in [0.29, 0.717) is 18.1 Å². The van der Waals surface area contributed by atoms with E-state index >= 15 is 0 Å². The topological polar surface area (TPSA) is 55.4 Å². The Morgan fingerprint density at radius 3 is 2.69 bits per heavy atom. The Hall–Kier alpha value is -1.85. The van der Waals surface area contributed by atoms with Crippen LogP contribution in [0.4, 0.5) is 0 Å². The van der Waals surface area contributed by atoms with Crippen molar-refractivity contribution in [1.82, 2.24) is 5.32 Å². The summed E-state index contributed by atoms with van der Waals surface area (Å²) in [7, 11) is -2.81. The number of benzene rings is 2. The lowest BCUT2D eigenvalue weighted by molar-refractivity contribution is 0.288. The highest BCUT2D eigenvalue weighted by Crippen LogP contribution is 2.33. The van der Waals surface area contributed by atoms with Crippen molar-refractivity contribution in [2.24, 2.45) is 5.92 Å². The van der Waals surface area contributed by atoms with Gasteiger partial charge in [-0.15, -0.1) is 0 Å². The zero-order chi connectivity index (χ0) is 18.0. The average molecular weight is 372 g/mol. The van der Waals surface area contributed by atoms with E-state index in [0.717, 1.165) is 43.5 Å². The molecular formula is C21H25NO3S. The third-order valence-electron chi connectivity index (χ3n) is 5.37. The fourth-order valence-corrected chi connectivity index (χ4v) is 5.87. The van der Waals surface area contributed by atoms with Crippen molar-refractivity contribution >= 4 is 26.2 Å². The van der Waals surface area contributed by atoms with Gasteiger partial charge in [0.1, 0.15) is 5.75 Å². The first-order chi connectivity index (χ1) is 12.6. The number of sulfone groups is 1. The Labute approximate surface area is 155 Å². The number of nitrogens with one attached hydrogen (secondary N) is 1. The van der Waals surface area contributed by atoms with Gasteiger partial charge in [-0.1, -0.05) is 36.4 Å². The summed E-state index contributed by atoms with van der Waals surface area (Å²) in [5, 5.41) is 5.77. The minimum Gasteiger partial charge on any atom is -0.493 e. The third kappa shape index (κ3) is 3.79. The van der Waals surface area contributed by atoms with Gasteiger partial charge in [-0.2, -0.15) is 0 Å². The predicted molar refractivity (Wildman–Crippen MR) is 106 cm³/mol. The van der Waals surface area contributed by atoms with Crippen LogP contribution in [-0.2, 0) is 9.84 Å². The van der Waals surface area contributed by atoms with E-state index in [1.807, 2.05) is 6.07 Å². The van der Waals surface area contributed by atoms with Gasteiger partial charge in [0.25, 0.3) is 0 Å². The molecule has 0 aromatic heterocycles. The van der Waals surface area contributed by atoms with Crippen LogP contribution in [0.5, 0.6) is 5.75 Å². The molecule has 5 heteroatoms. The lowest BCUT2D eigenvalue weighted by Crippen LogP contribution is -2.21. The number of ether oxygens (including phenoxy) is 1. The predicted octanol–water partition coefficient (Wildman–Crippen LogP) is 3.42. The lowest BCUT2D eigenvalue weighted by atomic mass is 9.95. The van der Waals surface area contributed by atoms with E-state index in [2.05, 4.69) is 41.7 Å². The molecule has 0 saturated carbocycles. The maximum absolute atomic E-state index is 11.6. The molecular weight excluding hydrogens is 346 g/mol. The summed E-state index contributed by atoms with van der Waals surface area (Å²) in [6, 6.07) is 12.6. The van der Waals surface area contributed by atoms with Crippen LogP contribution >= 0.6 is 0 Å². The maximum atomic E-state index is 11.6. The van der Waals surface area contributed by atoms with Gasteiger partial charge in [0.2, 0.25) is 0 Å². The van der Waals surface area contributed by atoms with E-state index in [1.54, 1.807) is 0 Å². The van der Waals surface area contributed by atoms with E-state index in [4.69, 9.17) is 4.74 Å². The highest BCUT2D eigenvalue weighted by atomic mass is 32.2. The second-order valence-electron chi connectivity index (χ2n) is 7.26. The van der Waals surface area contributed by atoms with Gasteiger partial charge >= 0.3 is 0 Å². The van der Waals surface area contributed by atoms with Crippen LogP contribution in [0.1, 0.15) is 24.8 Å². The summed E-state index contributed by atoms with van der Waals surface area (Å²) >= 11 is 0. The molecule has 2 heterocycles. The molecule has 2 aliphatic heterocycles. The molecule has 1 atom stereocenters. The van der Waals surface area contributed by atoms with Crippen LogP contribution in [0.15, 0.2) is 42.5 Å². The number of hydrogen-bond acceptors (Lipinski definition) is 4. The van der Waals surface area contributed by atoms with Crippen LogP contribution in [0, 0.1) is 5.92 Å². The van der Waals surface area contributed by atoms with Gasteiger partial charge in [0, 0.05) is 11.9 Å². The summed E-state index contributed by atoms with van der Waals surface area (Å²) in [6.07, 6.45) is 4.95. The van der Waals surface area contributed by atoms with Crippen molar-refractivity contribution in [3.63, 3.8) is 0 Å². The van der Waals surface area contributed by atoms with Gasteiger partial charge in [0.05, 0.1) is 18.1 Å². The van der Waals surface area contributed by atoms with Crippen molar-refractivity contribution in [3.05, 3.63) is 48.0 Å². The highest BCUT2D eigenvalue weighted by molar-refractivity contribution is 7.91. The molecule has 0 aliphatic carbocycles. The zero-order valence-electron chi connectivity index (χ0n) is 14.9. The molecule has 0 bridgehead atoms. The molecule has 1 saturated heterocycles. The Morgan fingerprint density at radius 2 is 1.96 bits per heavy atom. The molecule has 0 spiro atoms. The van der Waals surface area contributed by atoms with Crippen molar-refractivity contribution in [1.29, 1.82) is 0 Å². The van der Waals surface area contributed by atoms with Gasteiger partial charge in [0.15, 0.2) is 9.84 Å². The van der Waals surface area contributed by atoms with Crippen molar-refractivity contribution in [3.8, 4) is 5.75 Å². The van der Waals surface area contributed by atoms with E-state index in [1.165, 1.54) is 16.5 Å². The molecule has 2 aromatic rings. The van der Waals surface area contributed by atoms with Crippen LogP contribution in [-0.4, -0.2) is 39.6 Å². The standard InChI is InChI=1S/C21H25NO3S/c23-26(24)13-10-16(15-26)9-12-25-21-8-7-18(17-4-3-11-22-14-17)19-5-1-2-6-20(19)21/h1-2,4-8,16,22H,3,9-15H2. The molecule has 1 fully saturated rings. The Kier molecular flexibility index (Phi) is 5.00. The molecule has 0 radical (unpaired) electrons. The minimum absolute atomic E-state index is 0.240. The second kappa shape index (κ2) is 7.41. The van der Waals surface area contributed by atoms with Crippen molar-refractivity contribution in [2.75, 3.05) is 31.2 Å². The molecule has 0 amide bonds. The third-order valence-corrected chi connectivity index (χ3v) is 7.20. The summed E-state index contributed by atoms with van der Waals surface area (Å²) < 4.78 is 29.2. The summed E-state index contributed by atoms with van der Waals surface area (Å²) in [5.41, 5.74) is 2.61. The van der Waals surface area contributed by atoms with Gasteiger partial charge in [-0.3, -0.25) is 0 Å². The second-order valence-corrected chi connectivity index (χ2v) is 9.49. The monoisotopic (exact) mass is 371 g/mol. The first-order valence-corrected chi connectivity index (χ1v) is 11.2. The van der Waals surface area contributed by atoms with Crippen LogP contribution < -0.4 is 10.1 Å². The largest absolute Gasteiger partial charge is 0.493 e. The molecule has 2 aromatic carbocycles. The van der Waals surface area contributed by atoms with Crippen molar-refractivity contribution in [2.45, 2.75) is 19.3 Å². The molecule has 2 aliphatic rings. The fourth-order valence-electron chi connectivity index (χ4n) is 3.96. The van der Waals surface area contributed by atoms with E-state index < -0.39 is 9.84 Å². The number of rotatable bonds is 5. The SMILES string of the molecule is O=S1(=O)CCC(CCOc2ccc(C3=CCCNC3)c3ccccc23)C1. The smallest absolute Gasteiger partial charge is 0.150 e. The molecule has 26 heavy (non-hydrogen) atoms. The number of fused-ring (bicyclic) bond motifs is 1.